The summed E-state index contributed by atoms with van der Waals surface area (Å²) in [7, 11) is 1.34. The van der Waals surface area contributed by atoms with Gasteiger partial charge in [0.05, 0.1) is 31.1 Å². The van der Waals surface area contributed by atoms with Gasteiger partial charge in [-0.05, 0) is 65.7 Å². The number of esters is 1. The Morgan fingerprint density at radius 3 is 2.86 bits per heavy atom. The summed E-state index contributed by atoms with van der Waals surface area (Å²) in [6.07, 6.45) is 9.38. The number of nitrogens with one attached hydrogen (secondary N) is 4. The number of carbonyl (C=O) groups excluding carboxylic acids is 2. The van der Waals surface area contributed by atoms with Gasteiger partial charge < -0.3 is 30.8 Å². The molecule has 0 saturated carbocycles. The second-order valence-corrected chi connectivity index (χ2v) is 10.5. The number of imidazole rings is 1. The number of aromatic nitrogens is 6. The smallest absolute Gasteiger partial charge is 0.325 e. The van der Waals surface area contributed by atoms with Crippen molar-refractivity contribution < 1.29 is 19.4 Å². The number of ether oxygens (including phenoxy) is 1. The number of hydrogen-bond acceptors (Lipinski definition) is 10. The fourth-order valence-corrected chi connectivity index (χ4v) is 5.05. The van der Waals surface area contributed by atoms with Crippen LogP contribution in [0.2, 0.25) is 5.02 Å². The second kappa shape index (κ2) is 13.9. The topological polar surface area (TPSA) is 172 Å². The first-order valence-electron chi connectivity index (χ1n) is 13.8. The predicted octanol–water partition coefficient (Wildman–Crippen LogP) is 3.51. The first-order chi connectivity index (χ1) is 20.9. The molecule has 3 heterocycles. The Morgan fingerprint density at radius 1 is 1.21 bits per heavy atom. The van der Waals surface area contributed by atoms with Gasteiger partial charge in [-0.15, -0.1) is 5.10 Å². The lowest BCUT2D eigenvalue weighted by Crippen LogP contribution is -2.28. The van der Waals surface area contributed by atoms with Crippen LogP contribution in [0.5, 0.6) is 0 Å². The largest absolute Gasteiger partial charge is 0.468 e. The zero-order valence-corrected chi connectivity index (χ0v) is 24.2. The number of rotatable bonds is 8. The van der Waals surface area contributed by atoms with Gasteiger partial charge in [-0.1, -0.05) is 24.4 Å². The van der Waals surface area contributed by atoms with Crippen molar-refractivity contribution in [1.29, 1.82) is 0 Å². The summed E-state index contributed by atoms with van der Waals surface area (Å²) < 4.78 is 6.21. The van der Waals surface area contributed by atoms with E-state index < -0.39 is 0 Å². The van der Waals surface area contributed by atoms with Gasteiger partial charge >= 0.3 is 5.97 Å². The fourth-order valence-electron chi connectivity index (χ4n) is 4.87. The number of tetrazole rings is 1. The number of aromatic amines is 1. The third-order valence-corrected chi connectivity index (χ3v) is 7.31. The number of amides is 1. The van der Waals surface area contributed by atoms with E-state index in [-0.39, 0.29) is 37.1 Å². The van der Waals surface area contributed by atoms with E-state index in [9.17, 15) is 14.7 Å². The van der Waals surface area contributed by atoms with Crippen molar-refractivity contribution in [2.45, 2.75) is 37.8 Å². The van der Waals surface area contributed by atoms with Gasteiger partial charge in [-0.2, -0.15) is 4.68 Å². The maximum Gasteiger partial charge on any atom is 0.325 e. The molecule has 2 atom stereocenters. The van der Waals surface area contributed by atoms with Crippen molar-refractivity contribution in [2.75, 3.05) is 30.9 Å². The first-order valence-corrected chi connectivity index (χ1v) is 14.2. The van der Waals surface area contributed by atoms with E-state index in [0.717, 1.165) is 36.2 Å². The standard InChI is InChI=1S/C29H32ClN9O4/c1-43-28(42)15-31-20-8-9-22-24(13-20)34-21(16-40)4-2-3-5-23(29-32-14-25(22)36-29)35-27(41)11-6-18-12-19(30)7-10-26(18)39-17-33-37-38-39/h6-14,17,21,23,31,34,40H,2-5,15-16H2,1H3,(H,32,36)(H,35,41)/b11-6+/t21-,23+/m1/s1. The molecule has 0 unspecified atom stereocenters. The SMILES string of the molecule is COC(=O)CNc1ccc2c(c1)N[C@@H](CO)CCCC[C@H](NC(=O)/C=C/c1cc(Cl)ccc1-n1cnnn1)c1nc-2c[nH]1. The Balaban J connectivity index is 1.38. The summed E-state index contributed by atoms with van der Waals surface area (Å²) in [5, 5.41) is 31.4. The molecule has 0 saturated heterocycles. The van der Waals surface area contributed by atoms with Crippen LogP contribution in [0, 0.1) is 0 Å². The zero-order chi connectivity index (χ0) is 30.2. The van der Waals surface area contributed by atoms with Crippen LogP contribution < -0.4 is 16.0 Å². The summed E-state index contributed by atoms with van der Waals surface area (Å²) in [5.74, 6) is -0.0457. The number of carbonyl (C=O) groups is 2. The molecule has 2 bridgehead atoms. The molecule has 14 heteroatoms. The second-order valence-electron chi connectivity index (χ2n) is 10.0. The van der Waals surface area contributed by atoms with Crippen LogP contribution in [0.15, 0.2) is 55.0 Å². The fraction of sp³-hybridized carbons (Fsp3) is 0.310. The number of fused-ring (bicyclic) bond motifs is 4. The molecule has 1 aliphatic heterocycles. The highest BCUT2D eigenvalue weighted by atomic mass is 35.5. The normalized spacial score (nSPS) is 16.8. The molecule has 5 N–H and O–H groups in total. The van der Waals surface area contributed by atoms with Gasteiger partial charge in [0.1, 0.15) is 18.7 Å². The Labute approximate surface area is 252 Å². The molecule has 13 nitrogen and oxygen atoms in total. The third-order valence-electron chi connectivity index (χ3n) is 7.08. The molecule has 1 aliphatic rings. The third kappa shape index (κ3) is 7.56. The number of methoxy groups -OCH3 is 1. The summed E-state index contributed by atoms with van der Waals surface area (Å²) in [5.41, 5.74) is 4.32. The van der Waals surface area contributed by atoms with Gasteiger partial charge in [0.2, 0.25) is 5.91 Å². The Morgan fingerprint density at radius 2 is 2.07 bits per heavy atom. The van der Waals surface area contributed by atoms with E-state index in [2.05, 4.69) is 36.5 Å². The van der Waals surface area contributed by atoms with Gasteiger partial charge in [-0.25, -0.2) is 4.98 Å². The van der Waals surface area contributed by atoms with Crippen molar-refractivity contribution in [3.63, 3.8) is 0 Å². The van der Waals surface area contributed by atoms with E-state index in [0.29, 0.717) is 34.2 Å². The summed E-state index contributed by atoms with van der Waals surface area (Å²) in [6.45, 7) is -0.0243. The van der Waals surface area contributed by atoms with Crippen molar-refractivity contribution in [3.8, 4) is 16.9 Å². The molecular weight excluding hydrogens is 574 g/mol. The lowest BCUT2D eigenvalue weighted by Gasteiger charge is -2.22. The van der Waals surface area contributed by atoms with Gasteiger partial charge in [0, 0.05) is 45.8 Å². The average molecular weight is 606 g/mol. The van der Waals surface area contributed by atoms with E-state index in [1.807, 2.05) is 18.2 Å². The predicted molar refractivity (Wildman–Crippen MR) is 162 cm³/mol. The number of aliphatic hydroxyl groups is 1. The lowest BCUT2D eigenvalue weighted by molar-refractivity contribution is -0.138. The van der Waals surface area contributed by atoms with E-state index in [1.54, 1.807) is 30.5 Å². The number of hydrogen-bond donors (Lipinski definition) is 5. The maximum atomic E-state index is 13.1. The number of aliphatic hydroxyl groups excluding tert-OH is 1. The van der Waals surface area contributed by atoms with Crippen LogP contribution in [-0.2, 0) is 14.3 Å². The number of H-pyrrole nitrogens is 1. The highest BCUT2D eigenvalue weighted by Crippen LogP contribution is 2.33. The van der Waals surface area contributed by atoms with Crippen LogP contribution in [-0.4, -0.2) is 73.5 Å². The van der Waals surface area contributed by atoms with Crippen LogP contribution in [0.4, 0.5) is 11.4 Å². The molecule has 5 rings (SSSR count). The molecule has 0 fully saturated rings. The zero-order valence-electron chi connectivity index (χ0n) is 23.5. The molecule has 224 valence electrons. The highest BCUT2D eigenvalue weighted by molar-refractivity contribution is 6.30. The van der Waals surface area contributed by atoms with Gasteiger partial charge in [0.15, 0.2) is 0 Å². The van der Waals surface area contributed by atoms with Crippen LogP contribution >= 0.6 is 11.6 Å². The number of halogens is 1. The number of anilines is 2. The van der Waals surface area contributed by atoms with Crippen molar-refractivity contribution in [1.82, 2.24) is 35.5 Å². The molecular formula is C29H32ClN9O4. The number of nitrogens with zero attached hydrogens (tertiary/aromatic N) is 5. The van der Waals surface area contributed by atoms with Gasteiger partial charge in [-0.3, -0.25) is 9.59 Å². The number of benzene rings is 2. The molecule has 0 spiro atoms. The summed E-state index contributed by atoms with van der Waals surface area (Å²) in [4.78, 5) is 32.8. The monoisotopic (exact) mass is 605 g/mol. The quantitative estimate of drug-likeness (QED) is 0.148. The molecule has 1 amide bonds. The van der Waals surface area contributed by atoms with E-state index in [1.165, 1.54) is 24.2 Å². The minimum atomic E-state index is -0.380. The summed E-state index contributed by atoms with van der Waals surface area (Å²) >= 11 is 6.21. The van der Waals surface area contributed by atoms with Gasteiger partial charge in [0.25, 0.3) is 0 Å². The molecule has 43 heavy (non-hydrogen) atoms. The van der Waals surface area contributed by atoms with Crippen LogP contribution in [0.25, 0.3) is 23.0 Å². The van der Waals surface area contributed by atoms with Crippen LogP contribution in [0.3, 0.4) is 0 Å². The first kappa shape index (κ1) is 29.7. The molecule has 0 radical (unpaired) electrons. The Bertz CT molecular complexity index is 1590. The van der Waals surface area contributed by atoms with Crippen molar-refractivity contribution in [3.05, 3.63) is 71.4 Å². The minimum absolute atomic E-state index is 0.0252. The van der Waals surface area contributed by atoms with Crippen molar-refractivity contribution in [2.24, 2.45) is 0 Å². The average Bonchev–Trinajstić information content (AvgIpc) is 3.72. The molecule has 0 aliphatic carbocycles. The Kier molecular flexibility index (Phi) is 9.64. The van der Waals surface area contributed by atoms with E-state index in [4.69, 9.17) is 21.3 Å². The van der Waals surface area contributed by atoms with Crippen LogP contribution in [0.1, 0.15) is 43.1 Å². The minimum Gasteiger partial charge on any atom is -0.468 e. The van der Waals surface area contributed by atoms with Crippen molar-refractivity contribution >= 4 is 40.9 Å². The molecule has 2 aromatic heterocycles. The molecule has 4 aromatic rings. The molecule has 2 aromatic carbocycles. The summed E-state index contributed by atoms with van der Waals surface area (Å²) in [6, 6.07) is 10.3. The van der Waals surface area contributed by atoms with E-state index >= 15 is 0 Å². The maximum absolute atomic E-state index is 13.1. The lowest BCUT2D eigenvalue weighted by atomic mass is 10.0. The highest BCUT2D eigenvalue weighted by Gasteiger charge is 2.21. The Hall–Kier alpha value is -4.75.